The maximum absolute atomic E-state index is 13.1. The second-order valence-corrected chi connectivity index (χ2v) is 13.1. The van der Waals surface area contributed by atoms with Crippen molar-refractivity contribution >= 4 is 16.9 Å². The van der Waals surface area contributed by atoms with E-state index in [0.29, 0.717) is 32.9 Å². The van der Waals surface area contributed by atoms with E-state index >= 15 is 0 Å². The molecule has 0 aliphatic carbocycles. The van der Waals surface area contributed by atoms with Crippen LogP contribution in [0.3, 0.4) is 0 Å². The van der Waals surface area contributed by atoms with Crippen LogP contribution in [0.15, 0.2) is 78.9 Å². The maximum atomic E-state index is 13.1. The highest BCUT2D eigenvalue weighted by atomic mass is 16.6. The van der Waals surface area contributed by atoms with Crippen LogP contribution in [-0.2, 0) is 27.4 Å². The van der Waals surface area contributed by atoms with E-state index in [9.17, 15) is 4.79 Å². The van der Waals surface area contributed by atoms with Gasteiger partial charge < -0.3 is 38.1 Å². The van der Waals surface area contributed by atoms with Crippen LogP contribution in [0, 0.1) is 0 Å². The lowest BCUT2D eigenvalue weighted by Crippen LogP contribution is -2.48. The topological polar surface area (TPSA) is 84.9 Å². The fraction of sp³-hybridized carbons (Fsp3) is 0.425. The standard InChI is InChI=1S/C40H49NO8/c1-40(2,3)49-39(42)41-21-20-32(37(25-41)48-27-30-24-36(44-5)33-13-8-9-14-34(33)38(30)45-6)28-16-18-31(19-17-28)47-23-11-22-46-26-29-12-7-10-15-35(29)43-4/h7-10,12-19,24,32,37H,11,20-23,25-27H2,1-6H3. The van der Waals surface area contributed by atoms with E-state index in [1.54, 1.807) is 26.2 Å². The third-order valence-corrected chi connectivity index (χ3v) is 8.58. The molecule has 0 N–H and O–H groups in total. The smallest absolute Gasteiger partial charge is 0.410 e. The van der Waals surface area contributed by atoms with Gasteiger partial charge >= 0.3 is 6.09 Å². The average Bonchev–Trinajstić information content (AvgIpc) is 3.11. The second kappa shape index (κ2) is 16.8. The van der Waals surface area contributed by atoms with E-state index in [4.69, 9.17) is 33.2 Å². The summed E-state index contributed by atoms with van der Waals surface area (Å²) in [4.78, 5) is 14.8. The van der Waals surface area contributed by atoms with Crippen LogP contribution in [0.5, 0.6) is 23.0 Å². The van der Waals surface area contributed by atoms with Gasteiger partial charge in [0.1, 0.15) is 28.6 Å². The first kappa shape index (κ1) is 35.8. The molecule has 4 aromatic carbocycles. The number of likely N-dealkylation sites (tertiary alicyclic amines) is 1. The van der Waals surface area contributed by atoms with Crippen molar-refractivity contribution in [2.75, 3.05) is 47.6 Å². The highest BCUT2D eigenvalue weighted by molar-refractivity contribution is 5.94. The van der Waals surface area contributed by atoms with Gasteiger partial charge in [0.2, 0.25) is 0 Å². The number of rotatable bonds is 14. The first-order valence-corrected chi connectivity index (χ1v) is 16.8. The molecule has 1 aliphatic heterocycles. The van der Waals surface area contributed by atoms with E-state index in [-0.39, 0.29) is 24.7 Å². The number of fused-ring (bicyclic) bond motifs is 1. The number of para-hydroxylation sites is 1. The Morgan fingerprint density at radius 2 is 1.51 bits per heavy atom. The van der Waals surface area contributed by atoms with Crippen LogP contribution < -0.4 is 18.9 Å². The molecule has 1 amide bonds. The zero-order chi connectivity index (χ0) is 34.8. The fourth-order valence-corrected chi connectivity index (χ4v) is 6.21. The lowest BCUT2D eigenvalue weighted by Gasteiger charge is -2.39. The van der Waals surface area contributed by atoms with E-state index in [1.165, 1.54) is 0 Å². The summed E-state index contributed by atoms with van der Waals surface area (Å²) in [5.41, 5.74) is 2.44. The van der Waals surface area contributed by atoms with E-state index in [0.717, 1.165) is 63.3 Å². The highest BCUT2D eigenvalue weighted by Gasteiger charge is 2.35. The molecule has 2 atom stereocenters. The van der Waals surface area contributed by atoms with Crippen LogP contribution in [0.1, 0.15) is 56.2 Å². The molecule has 1 aliphatic rings. The summed E-state index contributed by atoms with van der Waals surface area (Å²) in [5.74, 6) is 3.19. The molecule has 0 bridgehead atoms. The van der Waals surface area contributed by atoms with Crippen LogP contribution in [0.4, 0.5) is 4.79 Å². The molecule has 2 unspecified atom stereocenters. The lowest BCUT2D eigenvalue weighted by molar-refractivity contribution is -0.0363. The van der Waals surface area contributed by atoms with Crippen LogP contribution in [-0.4, -0.2) is 70.3 Å². The third-order valence-electron chi connectivity index (χ3n) is 8.58. The van der Waals surface area contributed by atoms with Gasteiger partial charge in [0.25, 0.3) is 0 Å². The summed E-state index contributed by atoms with van der Waals surface area (Å²) >= 11 is 0. The number of amides is 1. The molecule has 5 rings (SSSR count). The Balaban J connectivity index is 1.24. The minimum absolute atomic E-state index is 0.0597. The van der Waals surface area contributed by atoms with Gasteiger partial charge in [-0.05, 0) is 57.0 Å². The SMILES string of the molecule is COc1ccccc1COCCCOc1ccc(C2CCN(C(=O)OC(C)(C)C)CC2OCc2cc(OC)c3ccccc3c2OC)cc1. The van der Waals surface area contributed by atoms with Crippen molar-refractivity contribution in [1.82, 2.24) is 4.90 Å². The van der Waals surface area contributed by atoms with Crippen molar-refractivity contribution in [2.45, 2.75) is 64.4 Å². The summed E-state index contributed by atoms with van der Waals surface area (Å²) in [6, 6.07) is 26.0. The van der Waals surface area contributed by atoms with Gasteiger partial charge in [0, 0.05) is 40.8 Å². The molecule has 0 radical (unpaired) electrons. The molecular formula is C40H49NO8. The van der Waals surface area contributed by atoms with Crippen molar-refractivity contribution in [1.29, 1.82) is 0 Å². The van der Waals surface area contributed by atoms with Crippen molar-refractivity contribution in [3.05, 3.63) is 95.6 Å². The Hall–Kier alpha value is -4.47. The summed E-state index contributed by atoms with van der Waals surface area (Å²) in [6.07, 6.45) is 0.876. The van der Waals surface area contributed by atoms with Crippen molar-refractivity contribution in [2.24, 2.45) is 0 Å². The molecule has 49 heavy (non-hydrogen) atoms. The monoisotopic (exact) mass is 671 g/mol. The summed E-state index contributed by atoms with van der Waals surface area (Å²) in [7, 11) is 5.00. The minimum atomic E-state index is -0.587. The normalized spacial score (nSPS) is 16.3. The molecule has 4 aromatic rings. The molecule has 1 heterocycles. The molecule has 262 valence electrons. The van der Waals surface area contributed by atoms with Crippen LogP contribution >= 0.6 is 0 Å². The molecule has 9 heteroatoms. The predicted molar refractivity (Wildman–Crippen MR) is 190 cm³/mol. The third kappa shape index (κ3) is 9.37. The number of benzene rings is 4. The van der Waals surface area contributed by atoms with Crippen molar-refractivity contribution < 1.29 is 38.0 Å². The Kier molecular flexibility index (Phi) is 12.3. The van der Waals surface area contributed by atoms with E-state index in [2.05, 4.69) is 12.1 Å². The van der Waals surface area contributed by atoms with Gasteiger partial charge in [-0.1, -0.05) is 54.6 Å². The fourth-order valence-electron chi connectivity index (χ4n) is 6.21. The largest absolute Gasteiger partial charge is 0.496 e. The number of hydrogen-bond acceptors (Lipinski definition) is 8. The minimum Gasteiger partial charge on any atom is -0.496 e. The molecule has 0 saturated carbocycles. The number of ether oxygens (including phenoxy) is 7. The molecule has 0 spiro atoms. The Morgan fingerprint density at radius 3 is 2.22 bits per heavy atom. The van der Waals surface area contributed by atoms with Gasteiger partial charge in [-0.2, -0.15) is 0 Å². The number of nitrogens with zero attached hydrogens (tertiary/aromatic N) is 1. The van der Waals surface area contributed by atoms with Gasteiger partial charge in [-0.25, -0.2) is 4.79 Å². The summed E-state index contributed by atoms with van der Waals surface area (Å²) in [5, 5.41) is 1.93. The molecule has 0 aromatic heterocycles. The second-order valence-electron chi connectivity index (χ2n) is 13.1. The number of carbonyl (C=O) groups excluding carboxylic acids is 1. The highest BCUT2D eigenvalue weighted by Crippen LogP contribution is 2.38. The first-order chi connectivity index (χ1) is 23.7. The van der Waals surface area contributed by atoms with Gasteiger partial charge in [0.15, 0.2) is 0 Å². The quantitative estimate of drug-likeness (QED) is 0.124. The Morgan fingerprint density at radius 1 is 0.796 bits per heavy atom. The van der Waals surface area contributed by atoms with Gasteiger partial charge in [0.05, 0.1) is 60.4 Å². The van der Waals surface area contributed by atoms with Gasteiger partial charge in [-0.3, -0.25) is 0 Å². The van der Waals surface area contributed by atoms with E-state index < -0.39 is 5.60 Å². The summed E-state index contributed by atoms with van der Waals surface area (Å²) in [6.45, 7) is 8.52. The zero-order valence-electron chi connectivity index (χ0n) is 29.5. The average molecular weight is 672 g/mol. The molecule has 9 nitrogen and oxygen atoms in total. The maximum Gasteiger partial charge on any atom is 0.410 e. The zero-order valence-corrected chi connectivity index (χ0v) is 29.5. The number of carbonyl (C=O) groups is 1. The van der Waals surface area contributed by atoms with Crippen LogP contribution in [0.25, 0.3) is 10.8 Å². The Labute approximate surface area is 290 Å². The predicted octanol–water partition coefficient (Wildman–Crippen LogP) is 8.16. The summed E-state index contributed by atoms with van der Waals surface area (Å²) < 4.78 is 41.3. The van der Waals surface area contributed by atoms with Gasteiger partial charge in [-0.15, -0.1) is 0 Å². The number of piperidine rings is 1. The lowest BCUT2D eigenvalue weighted by atomic mass is 9.87. The van der Waals surface area contributed by atoms with Crippen LogP contribution in [0.2, 0.25) is 0 Å². The van der Waals surface area contributed by atoms with E-state index in [1.807, 2.05) is 87.5 Å². The molecule has 1 saturated heterocycles. The number of methoxy groups -OCH3 is 3. The molecule has 1 fully saturated rings. The first-order valence-electron chi connectivity index (χ1n) is 16.8. The Bertz CT molecular complexity index is 1670. The van der Waals surface area contributed by atoms with Crippen molar-refractivity contribution in [3.8, 4) is 23.0 Å². The number of hydrogen-bond donors (Lipinski definition) is 0. The van der Waals surface area contributed by atoms with Crippen molar-refractivity contribution in [3.63, 3.8) is 0 Å². The molecular weight excluding hydrogens is 622 g/mol.